The molecule has 1 heterocycles. The highest BCUT2D eigenvalue weighted by atomic mass is 16.5. The monoisotopic (exact) mass is 221 g/mol. The topological polar surface area (TPSA) is 41.5 Å². The molecule has 1 unspecified atom stereocenters. The van der Waals surface area contributed by atoms with Crippen molar-refractivity contribution in [1.29, 1.82) is 0 Å². The Hall–Kier alpha value is -1.22. The first-order chi connectivity index (χ1) is 7.72. The predicted octanol–water partition coefficient (Wildman–Crippen LogP) is 2.18. The summed E-state index contributed by atoms with van der Waals surface area (Å²) in [5.41, 5.74) is 2.13. The van der Waals surface area contributed by atoms with Gasteiger partial charge in [0.1, 0.15) is 11.5 Å². The second kappa shape index (κ2) is 4.74. The number of rotatable bonds is 2. The van der Waals surface area contributed by atoms with Gasteiger partial charge in [0.25, 0.3) is 0 Å². The van der Waals surface area contributed by atoms with Gasteiger partial charge in [0, 0.05) is 18.5 Å². The number of ether oxygens (including phenoxy) is 1. The van der Waals surface area contributed by atoms with Crippen LogP contribution in [0.2, 0.25) is 0 Å². The molecule has 2 N–H and O–H groups in total. The molecule has 1 aliphatic heterocycles. The summed E-state index contributed by atoms with van der Waals surface area (Å²) in [4.78, 5) is 0. The highest BCUT2D eigenvalue weighted by molar-refractivity contribution is 5.47. The van der Waals surface area contributed by atoms with Crippen molar-refractivity contribution < 1.29 is 9.84 Å². The summed E-state index contributed by atoms with van der Waals surface area (Å²) in [5, 5.41) is 13.4. The van der Waals surface area contributed by atoms with Crippen LogP contribution in [-0.2, 0) is 0 Å². The van der Waals surface area contributed by atoms with E-state index in [0.29, 0.717) is 11.7 Å². The van der Waals surface area contributed by atoms with Gasteiger partial charge in [-0.2, -0.15) is 0 Å². The van der Waals surface area contributed by atoms with Crippen molar-refractivity contribution in [3.63, 3.8) is 0 Å². The molecule has 1 atom stereocenters. The second-order valence-corrected chi connectivity index (χ2v) is 4.42. The Morgan fingerprint density at radius 1 is 1.44 bits per heavy atom. The third-order valence-electron chi connectivity index (χ3n) is 3.28. The molecule has 0 bridgehead atoms. The summed E-state index contributed by atoms with van der Waals surface area (Å²) in [6, 6.07) is 3.77. The third-order valence-corrected chi connectivity index (χ3v) is 3.28. The average Bonchev–Trinajstić information content (AvgIpc) is 2.32. The number of phenolic OH excluding ortho intramolecular Hbond substituents is 1. The molecule has 1 aromatic rings. The van der Waals surface area contributed by atoms with Crippen LogP contribution in [0, 0.1) is 6.92 Å². The van der Waals surface area contributed by atoms with Crippen LogP contribution in [0.15, 0.2) is 12.1 Å². The molecule has 1 aliphatic rings. The van der Waals surface area contributed by atoms with Gasteiger partial charge in [0.2, 0.25) is 0 Å². The molecule has 88 valence electrons. The van der Waals surface area contributed by atoms with Crippen LogP contribution < -0.4 is 10.1 Å². The summed E-state index contributed by atoms with van der Waals surface area (Å²) in [5.74, 6) is 1.54. The zero-order valence-corrected chi connectivity index (χ0v) is 9.92. The summed E-state index contributed by atoms with van der Waals surface area (Å²) in [7, 11) is 1.63. The van der Waals surface area contributed by atoms with Gasteiger partial charge in [-0.1, -0.05) is 0 Å². The van der Waals surface area contributed by atoms with Crippen LogP contribution in [0.25, 0.3) is 0 Å². The van der Waals surface area contributed by atoms with E-state index >= 15 is 0 Å². The fourth-order valence-electron chi connectivity index (χ4n) is 2.36. The Morgan fingerprint density at radius 3 is 2.88 bits per heavy atom. The Morgan fingerprint density at radius 2 is 2.25 bits per heavy atom. The van der Waals surface area contributed by atoms with E-state index < -0.39 is 0 Å². The SMILES string of the molecule is COc1cc(O)c(C2CCCNC2)cc1C. The Labute approximate surface area is 96.4 Å². The number of methoxy groups -OCH3 is 1. The fraction of sp³-hybridized carbons (Fsp3) is 0.538. The minimum atomic E-state index is 0.358. The number of benzene rings is 1. The van der Waals surface area contributed by atoms with E-state index in [-0.39, 0.29) is 0 Å². The van der Waals surface area contributed by atoms with Gasteiger partial charge in [-0.15, -0.1) is 0 Å². The molecule has 16 heavy (non-hydrogen) atoms. The zero-order chi connectivity index (χ0) is 11.5. The lowest BCUT2D eigenvalue weighted by Gasteiger charge is -2.24. The molecule has 0 aromatic heterocycles. The van der Waals surface area contributed by atoms with Gasteiger partial charge >= 0.3 is 0 Å². The minimum absolute atomic E-state index is 0.358. The van der Waals surface area contributed by atoms with Gasteiger partial charge in [-0.05, 0) is 43.5 Å². The molecular weight excluding hydrogens is 202 g/mol. The second-order valence-electron chi connectivity index (χ2n) is 4.42. The maximum absolute atomic E-state index is 9.99. The molecular formula is C13H19NO2. The predicted molar refractivity (Wildman–Crippen MR) is 64.2 cm³/mol. The fourth-order valence-corrected chi connectivity index (χ4v) is 2.36. The van der Waals surface area contributed by atoms with E-state index in [2.05, 4.69) is 5.32 Å². The van der Waals surface area contributed by atoms with Crippen molar-refractivity contribution in [2.24, 2.45) is 0 Å². The van der Waals surface area contributed by atoms with Crippen LogP contribution in [0.1, 0.15) is 29.9 Å². The lowest BCUT2D eigenvalue weighted by molar-refractivity contribution is 0.397. The van der Waals surface area contributed by atoms with Crippen molar-refractivity contribution in [3.05, 3.63) is 23.3 Å². The standard InChI is InChI=1S/C13H19NO2/c1-9-6-11(10-4-3-5-14-8-10)12(15)7-13(9)16-2/h6-7,10,14-15H,3-5,8H2,1-2H3. The van der Waals surface area contributed by atoms with Gasteiger partial charge < -0.3 is 15.2 Å². The van der Waals surface area contributed by atoms with E-state index in [1.165, 1.54) is 6.42 Å². The molecule has 1 saturated heterocycles. The maximum Gasteiger partial charge on any atom is 0.125 e. The number of nitrogens with one attached hydrogen (secondary N) is 1. The Bertz CT molecular complexity index is 370. The van der Waals surface area contributed by atoms with E-state index in [4.69, 9.17) is 4.74 Å². The number of phenols is 1. The molecule has 2 rings (SSSR count). The minimum Gasteiger partial charge on any atom is -0.508 e. The molecule has 0 saturated carbocycles. The number of hydrogen-bond acceptors (Lipinski definition) is 3. The van der Waals surface area contributed by atoms with E-state index in [1.807, 2.05) is 13.0 Å². The molecule has 0 aliphatic carbocycles. The van der Waals surface area contributed by atoms with E-state index in [1.54, 1.807) is 13.2 Å². The Balaban J connectivity index is 2.29. The highest BCUT2D eigenvalue weighted by Gasteiger charge is 2.19. The van der Waals surface area contributed by atoms with Crippen molar-refractivity contribution in [1.82, 2.24) is 5.32 Å². The van der Waals surface area contributed by atoms with Crippen LogP contribution in [0.4, 0.5) is 0 Å². The van der Waals surface area contributed by atoms with Gasteiger partial charge in [0.15, 0.2) is 0 Å². The van der Waals surface area contributed by atoms with Crippen LogP contribution >= 0.6 is 0 Å². The van der Waals surface area contributed by atoms with Crippen molar-refractivity contribution in [2.45, 2.75) is 25.7 Å². The molecule has 1 aromatic carbocycles. The lowest BCUT2D eigenvalue weighted by Crippen LogP contribution is -2.28. The summed E-state index contributed by atoms with van der Waals surface area (Å²) in [6.45, 7) is 4.06. The first kappa shape index (κ1) is 11.3. The van der Waals surface area contributed by atoms with Crippen LogP contribution in [0.5, 0.6) is 11.5 Å². The van der Waals surface area contributed by atoms with Gasteiger partial charge in [-0.3, -0.25) is 0 Å². The number of hydrogen-bond donors (Lipinski definition) is 2. The largest absolute Gasteiger partial charge is 0.508 e. The van der Waals surface area contributed by atoms with Crippen molar-refractivity contribution in [2.75, 3.05) is 20.2 Å². The molecule has 1 fully saturated rings. The van der Waals surface area contributed by atoms with Gasteiger partial charge in [-0.25, -0.2) is 0 Å². The molecule has 3 nitrogen and oxygen atoms in total. The van der Waals surface area contributed by atoms with E-state index in [0.717, 1.165) is 36.4 Å². The smallest absolute Gasteiger partial charge is 0.125 e. The average molecular weight is 221 g/mol. The quantitative estimate of drug-likeness (QED) is 0.804. The summed E-state index contributed by atoms with van der Waals surface area (Å²) in [6.07, 6.45) is 2.32. The number of aryl methyl sites for hydroxylation is 1. The molecule has 0 spiro atoms. The zero-order valence-electron chi connectivity index (χ0n) is 9.92. The number of aromatic hydroxyl groups is 1. The van der Waals surface area contributed by atoms with Crippen LogP contribution in [-0.4, -0.2) is 25.3 Å². The summed E-state index contributed by atoms with van der Waals surface area (Å²) >= 11 is 0. The normalized spacial score (nSPS) is 20.8. The Kier molecular flexibility index (Phi) is 3.34. The highest BCUT2D eigenvalue weighted by Crippen LogP contribution is 2.35. The summed E-state index contributed by atoms with van der Waals surface area (Å²) < 4.78 is 5.19. The lowest BCUT2D eigenvalue weighted by atomic mass is 9.90. The van der Waals surface area contributed by atoms with Crippen LogP contribution in [0.3, 0.4) is 0 Å². The third kappa shape index (κ3) is 2.14. The molecule has 3 heteroatoms. The first-order valence-electron chi connectivity index (χ1n) is 5.80. The first-order valence-corrected chi connectivity index (χ1v) is 5.80. The van der Waals surface area contributed by atoms with Crippen molar-refractivity contribution in [3.8, 4) is 11.5 Å². The number of piperidine rings is 1. The van der Waals surface area contributed by atoms with Crippen molar-refractivity contribution >= 4 is 0 Å². The molecule has 0 radical (unpaired) electrons. The van der Waals surface area contributed by atoms with Gasteiger partial charge in [0.05, 0.1) is 7.11 Å². The maximum atomic E-state index is 9.99. The molecule has 0 amide bonds. The van der Waals surface area contributed by atoms with E-state index in [9.17, 15) is 5.11 Å².